The molecule has 0 spiro atoms. The molecule has 2 N–H and O–H groups in total. The Bertz CT molecular complexity index is 1180. The highest BCUT2D eigenvalue weighted by Gasteiger charge is 2.16. The highest BCUT2D eigenvalue weighted by Crippen LogP contribution is 2.31. The Labute approximate surface area is 157 Å². The Morgan fingerprint density at radius 3 is 2.85 bits per heavy atom. The molecule has 4 rings (SSSR count). The number of nitrogens with one attached hydrogen (secondary N) is 2. The highest BCUT2D eigenvalue weighted by atomic mass is 32.1. The molecule has 2 heterocycles. The van der Waals surface area contributed by atoms with Crippen molar-refractivity contribution in [3.8, 4) is 11.3 Å². The van der Waals surface area contributed by atoms with Gasteiger partial charge in [0.05, 0.1) is 10.6 Å². The number of aromatic nitrogens is 2. The number of fused-ring (bicyclic) bond motifs is 1. The van der Waals surface area contributed by atoms with Crippen LogP contribution >= 0.6 is 11.3 Å². The molecule has 0 aliphatic carbocycles. The number of hydrogen-bond donors (Lipinski definition) is 2. The van der Waals surface area contributed by atoms with E-state index in [1.165, 1.54) is 29.5 Å². The number of nitrogens with zero attached hydrogens (tertiary/aromatic N) is 2. The first kappa shape index (κ1) is 16.9. The van der Waals surface area contributed by atoms with Crippen LogP contribution in [0.25, 0.3) is 22.2 Å². The van der Waals surface area contributed by atoms with Crippen molar-refractivity contribution in [1.82, 2.24) is 9.97 Å². The maximum absolute atomic E-state index is 12.4. The number of aryl methyl sites for hydroxylation is 1. The van der Waals surface area contributed by atoms with Crippen LogP contribution in [0.3, 0.4) is 0 Å². The summed E-state index contributed by atoms with van der Waals surface area (Å²) < 4.78 is 0. The van der Waals surface area contributed by atoms with E-state index in [1.54, 1.807) is 6.92 Å². The summed E-state index contributed by atoms with van der Waals surface area (Å²) in [4.78, 5) is 30.6. The van der Waals surface area contributed by atoms with E-state index in [0.29, 0.717) is 16.3 Å². The SMILES string of the molecule is Cc1cc(C(=O)Nc2nc(-c3c[nH]c4ccccc34)cs2)ccc1[N+](=O)[O-]. The molecule has 0 bridgehead atoms. The summed E-state index contributed by atoms with van der Waals surface area (Å²) in [5, 5.41) is 17.1. The Kier molecular flexibility index (Phi) is 4.17. The number of anilines is 1. The number of para-hydroxylation sites is 1. The van der Waals surface area contributed by atoms with Crippen LogP contribution in [0.4, 0.5) is 10.8 Å². The monoisotopic (exact) mass is 378 g/mol. The summed E-state index contributed by atoms with van der Waals surface area (Å²) in [6.07, 6.45) is 1.89. The second-order valence-electron chi connectivity index (χ2n) is 6.00. The molecule has 0 fully saturated rings. The first-order valence-corrected chi connectivity index (χ1v) is 8.99. The molecule has 0 radical (unpaired) electrons. The van der Waals surface area contributed by atoms with E-state index in [-0.39, 0.29) is 11.6 Å². The fourth-order valence-electron chi connectivity index (χ4n) is 2.91. The van der Waals surface area contributed by atoms with E-state index in [2.05, 4.69) is 15.3 Å². The molecule has 1 amide bonds. The second kappa shape index (κ2) is 6.65. The number of carbonyl (C=O) groups excluding carboxylic acids is 1. The normalized spacial score (nSPS) is 10.9. The van der Waals surface area contributed by atoms with Gasteiger partial charge in [-0.05, 0) is 25.1 Å². The van der Waals surface area contributed by atoms with Crippen LogP contribution in [0.2, 0.25) is 0 Å². The van der Waals surface area contributed by atoms with Gasteiger partial charge < -0.3 is 4.98 Å². The lowest BCUT2D eigenvalue weighted by Gasteiger charge is -2.03. The molecule has 2 aromatic heterocycles. The van der Waals surface area contributed by atoms with Gasteiger partial charge in [-0.15, -0.1) is 11.3 Å². The van der Waals surface area contributed by atoms with Crippen LogP contribution in [-0.2, 0) is 0 Å². The van der Waals surface area contributed by atoms with Gasteiger partial charge in [0, 0.05) is 45.2 Å². The van der Waals surface area contributed by atoms with Crippen molar-refractivity contribution in [2.45, 2.75) is 6.92 Å². The zero-order valence-corrected chi connectivity index (χ0v) is 15.0. The Hall–Kier alpha value is -3.52. The molecule has 134 valence electrons. The fourth-order valence-corrected chi connectivity index (χ4v) is 3.61. The summed E-state index contributed by atoms with van der Waals surface area (Å²) in [5.74, 6) is -0.354. The van der Waals surface area contributed by atoms with Crippen molar-refractivity contribution < 1.29 is 9.72 Å². The average molecular weight is 378 g/mol. The third-order valence-corrected chi connectivity index (χ3v) is 5.00. The van der Waals surface area contributed by atoms with Gasteiger partial charge in [-0.25, -0.2) is 4.98 Å². The van der Waals surface area contributed by atoms with Crippen LogP contribution in [-0.4, -0.2) is 20.8 Å². The quantitative estimate of drug-likeness (QED) is 0.395. The number of hydrogen-bond acceptors (Lipinski definition) is 5. The molecule has 0 saturated heterocycles. The number of carbonyl (C=O) groups is 1. The average Bonchev–Trinajstić information content (AvgIpc) is 3.27. The van der Waals surface area contributed by atoms with E-state index in [0.717, 1.165) is 22.2 Å². The van der Waals surface area contributed by atoms with E-state index < -0.39 is 4.92 Å². The number of nitro benzene ring substituents is 1. The van der Waals surface area contributed by atoms with Crippen LogP contribution < -0.4 is 5.32 Å². The van der Waals surface area contributed by atoms with Crippen molar-refractivity contribution in [3.63, 3.8) is 0 Å². The van der Waals surface area contributed by atoms with Crippen molar-refractivity contribution in [1.29, 1.82) is 0 Å². The minimum Gasteiger partial charge on any atom is -0.360 e. The number of benzene rings is 2. The van der Waals surface area contributed by atoms with Gasteiger partial charge in [0.1, 0.15) is 0 Å². The molecule has 2 aromatic carbocycles. The summed E-state index contributed by atoms with van der Waals surface area (Å²) in [6.45, 7) is 1.60. The first-order chi connectivity index (χ1) is 13.0. The smallest absolute Gasteiger partial charge is 0.272 e. The lowest BCUT2D eigenvalue weighted by molar-refractivity contribution is -0.385. The third-order valence-electron chi connectivity index (χ3n) is 4.25. The molecule has 0 atom stereocenters. The number of amides is 1. The predicted octanol–water partition coefficient (Wildman–Crippen LogP) is 4.76. The van der Waals surface area contributed by atoms with Crippen molar-refractivity contribution in [2.75, 3.05) is 5.32 Å². The van der Waals surface area contributed by atoms with Crippen LogP contribution in [0.5, 0.6) is 0 Å². The van der Waals surface area contributed by atoms with Gasteiger partial charge in [0.15, 0.2) is 5.13 Å². The van der Waals surface area contributed by atoms with Crippen LogP contribution in [0.15, 0.2) is 54.0 Å². The number of aromatic amines is 1. The maximum Gasteiger partial charge on any atom is 0.272 e. The fraction of sp³-hybridized carbons (Fsp3) is 0.0526. The molecule has 0 aliphatic heterocycles. The topological polar surface area (TPSA) is 101 Å². The molecule has 8 heteroatoms. The standard InChI is InChI=1S/C19H14N4O3S/c1-11-8-12(6-7-17(11)23(25)26)18(24)22-19-21-16(10-27-19)14-9-20-15-5-3-2-4-13(14)15/h2-10,20H,1H3,(H,21,22,24). The number of H-pyrrole nitrogens is 1. The summed E-state index contributed by atoms with van der Waals surface area (Å²) >= 11 is 1.33. The Balaban J connectivity index is 1.57. The minimum atomic E-state index is -0.467. The van der Waals surface area contributed by atoms with Gasteiger partial charge in [-0.3, -0.25) is 20.2 Å². The summed E-state index contributed by atoms with van der Waals surface area (Å²) in [5.41, 5.74) is 3.53. The Morgan fingerprint density at radius 1 is 1.26 bits per heavy atom. The van der Waals surface area contributed by atoms with Crippen molar-refractivity contribution >= 4 is 39.0 Å². The van der Waals surface area contributed by atoms with Gasteiger partial charge in [0.2, 0.25) is 0 Å². The number of thiazole rings is 1. The molecule has 27 heavy (non-hydrogen) atoms. The predicted molar refractivity (Wildman–Crippen MR) is 105 cm³/mol. The summed E-state index contributed by atoms with van der Waals surface area (Å²) in [6, 6.07) is 12.2. The van der Waals surface area contributed by atoms with E-state index >= 15 is 0 Å². The van der Waals surface area contributed by atoms with E-state index in [4.69, 9.17) is 0 Å². The molecule has 0 saturated carbocycles. The molecular formula is C19H14N4O3S. The zero-order valence-electron chi connectivity index (χ0n) is 14.2. The first-order valence-electron chi connectivity index (χ1n) is 8.11. The van der Waals surface area contributed by atoms with Gasteiger partial charge >= 0.3 is 0 Å². The molecular weight excluding hydrogens is 364 g/mol. The zero-order chi connectivity index (χ0) is 19.0. The Morgan fingerprint density at radius 2 is 2.07 bits per heavy atom. The largest absolute Gasteiger partial charge is 0.360 e. The molecule has 0 unspecified atom stereocenters. The lowest BCUT2D eigenvalue weighted by atomic mass is 10.1. The number of rotatable bonds is 4. The number of nitro groups is 1. The molecule has 7 nitrogen and oxygen atoms in total. The molecule has 0 aliphatic rings. The lowest BCUT2D eigenvalue weighted by Crippen LogP contribution is -2.12. The third kappa shape index (κ3) is 3.18. The van der Waals surface area contributed by atoms with Crippen molar-refractivity contribution in [2.24, 2.45) is 0 Å². The van der Waals surface area contributed by atoms with Gasteiger partial charge in [0.25, 0.3) is 11.6 Å². The van der Waals surface area contributed by atoms with Crippen LogP contribution in [0, 0.1) is 17.0 Å². The van der Waals surface area contributed by atoms with E-state index in [1.807, 2.05) is 35.8 Å². The highest BCUT2D eigenvalue weighted by molar-refractivity contribution is 7.14. The maximum atomic E-state index is 12.4. The summed E-state index contributed by atoms with van der Waals surface area (Å²) in [7, 11) is 0. The van der Waals surface area contributed by atoms with Gasteiger partial charge in [-0.1, -0.05) is 18.2 Å². The van der Waals surface area contributed by atoms with Crippen molar-refractivity contribution in [3.05, 3.63) is 75.3 Å². The minimum absolute atomic E-state index is 0.0116. The van der Waals surface area contributed by atoms with Crippen LogP contribution in [0.1, 0.15) is 15.9 Å². The molecule has 4 aromatic rings. The van der Waals surface area contributed by atoms with Gasteiger partial charge in [-0.2, -0.15) is 0 Å². The second-order valence-corrected chi connectivity index (χ2v) is 6.86. The van der Waals surface area contributed by atoms with E-state index in [9.17, 15) is 14.9 Å².